The fourth-order valence-corrected chi connectivity index (χ4v) is 2.80. The van der Waals surface area contributed by atoms with Crippen LogP contribution in [0.2, 0.25) is 0 Å². The fourth-order valence-electron chi connectivity index (χ4n) is 2.80. The molecule has 0 radical (unpaired) electrons. The summed E-state index contributed by atoms with van der Waals surface area (Å²) in [6.45, 7) is 0. The molecule has 1 fully saturated rings. The van der Waals surface area contributed by atoms with Gasteiger partial charge in [0.1, 0.15) is 5.52 Å². The summed E-state index contributed by atoms with van der Waals surface area (Å²) in [6, 6.07) is 17.2. The first-order chi connectivity index (χ1) is 10.3. The number of esters is 1. The van der Waals surface area contributed by atoms with Crippen LogP contribution in [0, 0.1) is 0 Å². The minimum atomic E-state index is -0.905. The molecule has 4 nitrogen and oxygen atoms in total. The van der Waals surface area contributed by atoms with Gasteiger partial charge in [-0.15, -0.1) is 0 Å². The molecule has 1 aromatic heterocycles. The zero-order valence-electron chi connectivity index (χ0n) is 11.3. The lowest BCUT2D eigenvalue weighted by Gasteiger charge is -2.24. The van der Waals surface area contributed by atoms with E-state index < -0.39 is 5.60 Å². The Bertz CT molecular complexity index is 776. The van der Waals surface area contributed by atoms with Gasteiger partial charge in [0.05, 0.1) is 6.42 Å². The lowest BCUT2D eigenvalue weighted by atomic mass is 9.90. The summed E-state index contributed by atoms with van der Waals surface area (Å²) in [7, 11) is 0. The van der Waals surface area contributed by atoms with Crippen molar-refractivity contribution in [3.05, 3.63) is 66.1 Å². The molecule has 0 spiro atoms. The van der Waals surface area contributed by atoms with E-state index in [1.165, 1.54) is 0 Å². The highest BCUT2D eigenvalue weighted by atomic mass is 16.6. The van der Waals surface area contributed by atoms with Crippen LogP contribution in [0.15, 0.2) is 59.0 Å². The second kappa shape index (κ2) is 4.45. The van der Waals surface area contributed by atoms with E-state index in [-0.39, 0.29) is 5.97 Å². The number of carbonyl (C=O) groups excluding carboxylic acids is 1. The van der Waals surface area contributed by atoms with Gasteiger partial charge in [-0.2, -0.15) is 0 Å². The molecule has 0 amide bonds. The fraction of sp³-hybridized carbons (Fsp3) is 0.176. The number of nitrogens with zero attached hydrogens (tertiary/aromatic N) is 1. The minimum Gasteiger partial charge on any atom is -0.444 e. The highest BCUT2D eigenvalue weighted by Gasteiger charge is 2.47. The first-order valence-electron chi connectivity index (χ1n) is 6.91. The topological polar surface area (TPSA) is 52.3 Å². The number of hydrogen-bond acceptors (Lipinski definition) is 4. The molecule has 1 atom stereocenters. The average molecular weight is 279 g/mol. The number of hydrogen-bond donors (Lipinski definition) is 0. The van der Waals surface area contributed by atoms with Crippen LogP contribution in [-0.4, -0.2) is 11.0 Å². The monoisotopic (exact) mass is 279 g/mol. The maximum atomic E-state index is 11.7. The molecule has 0 bridgehead atoms. The van der Waals surface area contributed by atoms with Gasteiger partial charge < -0.3 is 9.15 Å². The van der Waals surface area contributed by atoms with Crippen LogP contribution in [0.1, 0.15) is 24.3 Å². The molecular weight excluding hydrogens is 266 g/mol. The summed E-state index contributed by atoms with van der Waals surface area (Å²) in [4.78, 5) is 16.3. The molecule has 1 unspecified atom stereocenters. The Labute approximate surface area is 121 Å². The molecular formula is C17H13NO3. The number of oxazole rings is 1. The highest BCUT2D eigenvalue weighted by Crippen LogP contribution is 2.43. The van der Waals surface area contributed by atoms with Crippen LogP contribution >= 0.6 is 0 Å². The van der Waals surface area contributed by atoms with Crippen LogP contribution in [-0.2, 0) is 15.1 Å². The Morgan fingerprint density at radius 2 is 1.76 bits per heavy atom. The van der Waals surface area contributed by atoms with Crippen molar-refractivity contribution in [2.45, 2.75) is 18.4 Å². The molecule has 0 N–H and O–H groups in total. The van der Waals surface area contributed by atoms with Crippen LogP contribution in [0.4, 0.5) is 0 Å². The maximum absolute atomic E-state index is 11.7. The van der Waals surface area contributed by atoms with E-state index in [0.717, 1.165) is 11.1 Å². The molecule has 2 aromatic carbocycles. The van der Waals surface area contributed by atoms with E-state index >= 15 is 0 Å². The quantitative estimate of drug-likeness (QED) is 0.674. The van der Waals surface area contributed by atoms with Gasteiger partial charge in [-0.05, 0) is 12.1 Å². The number of benzene rings is 2. The molecule has 0 aliphatic carbocycles. The number of cyclic esters (lactones) is 1. The van der Waals surface area contributed by atoms with E-state index in [2.05, 4.69) is 4.98 Å². The van der Waals surface area contributed by atoms with E-state index in [1.54, 1.807) is 0 Å². The molecule has 1 aliphatic heterocycles. The molecule has 2 heterocycles. The Hall–Kier alpha value is -2.62. The van der Waals surface area contributed by atoms with Crippen molar-refractivity contribution in [3.63, 3.8) is 0 Å². The zero-order valence-corrected chi connectivity index (χ0v) is 11.3. The van der Waals surface area contributed by atoms with Crippen molar-refractivity contribution in [1.82, 2.24) is 4.98 Å². The molecule has 21 heavy (non-hydrogen) atoms. The normalized spacial score (nSPS) is 21.6. The lowest BCUT2D eigenvalue weighted by molar-refractivity contribution is -0.147. The molecule has 104 valence electrons. The van der Waals surface area contributed by atoms with Gasteiger partial charge in [0.2, 0.25) is 11.5 Å². The van der Waals surface area contributed by atoms with Gasteiger partial charge in [0, 0.05) is 12.0 Å². The summed E-state index contributed by atoms with van der Waals surface area (Å²) in [6.07, 6.45) is 0.913. The third-order valence-electron chi connectivity index (χ3n) is 3.85. The van der Waals surface area contributed by atoms with Gasteiger partial charge in [0.15, 0.2) is 5.58 Å². The molecule has 4 rings (SSSR count). The Balaban J connectivity index is 1.92. The van der Waals surface area contributed by atoms with Crippen molar-refractivity contribution in [2.24, 2.45) is 0 Å². The molecule has 0 saturated carbocycles. The third-order valence-corrected chi connectivity index (χ3v) is 3.85. The van der Waals surface area contributed by atoms with E-state index in [0.29, 0.717) is 24.3 Å². The summed E-state index contributed by atoms with van der Waals surface area (Å²) >= 11 is 0. The number of carbonyl (C=O) groups is 1. The van der Waals surface area contributed by atoms with Crippen molar-refractivity contribution in [3.8, 4) is 0 Å². The van der Waals surface area contributed by atoms with E-state index in [4.69, 9.17) is 9.15 Å². The van der Waals surface area contributed by atoms with Gasteiger partial charge in [-0.25, -0.2) is 4.98 Å². The van der Waals surface area contributed by atoms with Crippen molar-refractivity contribution >= 4 is 17.1 Å². The van der Waals surface area contributed by atoms with Crippen LogP contribution < -0.4 is 0 Å². The molecule has 4 heteroatoms. The number of aromatic nitrogens is 1. The Kier molecular flexibility index (Phi) is 2.57. The van der Waals surface area contributed by atoms with Crippen LogP contribution in [0.25, 0.3) is 11.1 Å². The third kappa shape index (κ3) is 1.83. The van der Waals surface area contributed by atoms with Gasteiger partial charge in [-0.3, -0.25) is 4.79 Å². The molecule has 1 aliphatic rings. The summed E-state index contributed by atoms with van der Waals surface area (Å²) < 4.78 is 11.5. The van der Waals surface area contributed by atoms with Crippen LogP contribution in [0.3, 0.4) is 0 Å². The number of rotatable bonds is 2. The Morgan fingerprint density at radius 1 is 1.00 bits per heavy atom. The summed E-state index contributed by atoms with van der Waals surface area (Å²) in [5.74, 6) is 0.224. The van der Waals surface area contributed by atoms with Crippen molar-refractivity contribution in [2.75, 3.05) is 0 Å². The minimum absolute atomic E-state index is 0.221. The smallest absolute Gasteiger partial charge is 0.307 e. The van der Waals surface area contributed by atoms with E-state index in [1.807, 2.05) is 54.6 Å². The van der Waals surface area contributed by atoms with Crippen molar-refractivity contribution < 1.29 is 13.9 Å². The SMILES string of the molecule is O=C1CCC(c2ccccc2)(c2nc3ccccc3o2)O1. The Morgan fingerprint density at radius 3 is 2.48 bits per heavy atom. The predicted molar refractivity (Wildman–Crippen MR) is 76.6 cm³/mol. The summed E-state index contributed by atoms with van der Waals surface area (Å²) in [5, 5.41) is 0. The number of ether oxygens (including phenoxy) is 1. The standard InChI is InChI=1S/C17H13NO3/c19-15-10-11-17(21-15,12-6-2-1-3-7-12)16-18-13-8-4-5-9-14(13)20-16/h1-9H,10-11H2. The summed E-state index contributed by atoms with van der Waals surface area (Å²) in [5.41, 5.74) is 1.45. The number of fused-ring (bicyclic) bond motifs is 1. The lowest BCUT2D eigenvalue weighted by Crippen LogP contribution is -2.27. The van der Waals surface area contributed by atoms with Gasteiger partial charge >= 0.3 is 5.97 Å². The van der Waals surface area contributed by atoms with Gasteiger partial charge in [0.25, 0.3) is 0 Å². The van der Waals surface area contributed by atoms with Gasteiger partial charge in [-0.1, -0.05) is 42.5 Å². The second-order valence-corrected chi connectivity index (χ2v) is 5.15. The average Bonchev–Trinajstić information content (AvgIpc) is 3.12. The molecule has 1 saturated heterocycles. The zero-order chi connectivity index (χ0) is 14.3. The first kappa shape index (κ1) is 12.1. The largest absolute Gasteiger partial charge is 0.444 e. The number of para-hydroxylation sites is 2. The predicted octanol–water partition coefficient (Wildman–Crippen LogP) is 3.41. The maximum Gasteiger partial charge on any atom is 0.307 e. The van der Waals surface area contributed by atoms with Crippen LogP contribution in [0.5, 0.6) is 0 Å². The first-order valence-corrected chi connectivity index (χ1v) is 6.91. The highest BCUT2D eigenvalue weighted by molar-refractivity contribution is 5.75. The van der Waals surface area contributed by atoms with Crippen molar-refractivity contribution in [1.29, 1.82) is 0 Å². The van der Waals surface area contributed by atoms with E-state index in [9.17, 15) is 4.79 Å². The molecule has 3 aromatic rings. The second-order valence-electron chi connectivity index (χ2n) is 5.15.